The van der Waals surface area contributed by atoms with Gasteiger partial charge < -0.3 is 9.51 Å². The number of aliphatic carboxylic acids is 1. The van der Waals surface area contributed by atoms with Crippen LogP contribution in [0.15, 0.2) is 18.5 Å². The number of imidazole rings is 1. The standard InChI is InChI=1S/C14H15Cl2N3O2/c1-8(14(20)21)19(11-2-3-11)7-10-6-18-5-9(15)4-12(16)13(18)17-10/h4-6,8,11H,2-3,7H2,1H3,(H,20,21). The maximum absolute atomic E-state index is 11.2. The first kappa shape index (κ1) is 14.6. The van der Waals surface area contributed by atoms with Crippen molar-refractivity contribution in [3.05, 3.63) is 34.2 Å². The number of hydrogen-bond acceptors (Lipinski definition) is 3. The molecule has 0 amide bonds. The van der Waals surface area contributed by atoms with Gasteiger partial charge in [-0.1, -0.05) is 23.2 Å². The molecule has 1 unspecified atom stereocenters. The van der Waals surface area contributed by atoms with Gasteiger partial charge in [-0.3, -0.25) is 9.69 Å². The van der Waals surface area contributed by atoms with E-state index in [2.05, 4.69) is 4.98 Å². The van der Waals surface area contributed by atoms with Crippen molar-refractivity contribution >= 4 is 34.8 Å². The second-order valence-corrected chi connectivity index (χ2v) is 6.23. The molecule has 21 heavy (non-hydrogen) atoms. The summed E-state index contributed by atoms with van der Waals surface area (Å²) < 4.78 is 1.77. The predicted octanol–water partition coefficient (Wildman–Crippen LogP) is 3.08. The van der Waals surface area contributed by atoms with Crippen molar-refractivity contribution in [1.82, 2.24) is 14.3 Å². The summed E-state index contributed by atoms with van der Waals surface area (Å²) in [6.07, 6.45) is 5.66. The van der Waals surface area contributed by atoms with Crippen LogP contribution in [-0.2, 0) is 11.3 Å². The van der Waals surface area contributed by atoms with Crippen molar-refractivity contribution in [2.75, 3.05) is 0 Å². The zero-order valence-corrected chi connectivity index (χ0v) is 13.0. The predicted molar refractivity (Wildman–Crippen MR) is 80.9 cm³/mol. The number of halogens is 2. The molecule has 1 aliphatic rings. The average Bonchev–Trinajstić information content (AvgIpc) is 3.16. The maximum atomic E-state index is 11.2. The molecule has 0 radical (unpaired) electrons. The zero-order valence-electron chi connectivity index (χ0n) is 11.5. The SMILES string of the molecule is CC(C(=O)O)N(Cc1cn2cc(Cl)cc(Cl)c2n1)C1CC1. The van der Waals surface area contributed by atoms with Gasteiger partial charge in [-0.15, -0.1) is 0 Å². The van der Waals surface area contributed by atoms with Crippen LogP contribution in [0.2, 0.25) is 10.0 Å². The molecule has 112 valence electrons. The van der Waals surface area contributed by atoms with E-state index in [4.69, 9.17) is 23.2 Å². The molecule has 0 saturated heterocycles. The number of pyridine rings is 1. The van der Waals surface area contributed by atoms with Crippen LogP contribution in [0.1, 0.15) is 25.5 Å². The minimum atomic E-state index is -0.813. The molecule has 0 spiro atoms. The summed E-state index contributed by atoms with van der Waals surface area (Å²) in [5.74, 6) is -0.813. The number of nitrogens with zero attached hydrogens (tertiary/aromatic N) is 3. The second-order valence-electron chi connectivity index (χ2n) is 5.39. The average molecular weight is 328 g/mol. The van der Waals surface area contributed by atoms with Crippen LogP contribution in [0.25, 0.3) is 5.65 Å². The Morgan fingerprint density at radius 3 is 2.86 bits per heavy atom. The van der Waals surface area contributed by atoms with Crippen LogP contribution in [-0.4, -0.2) is 37.4 Å². The Labute approximate surface area is 132 Å². The van der Waals surface area contributed by atoms with Crippen LogP contribution in [0.5, 0.6) is 0 Å². The van der Waals surface area contributed by atoms with E-state index in [-0.39, 0.29) is 0 Å². The van der Waals surface area contributed by atoms with Crippen molar-refractivity contribution in [2.45, 2.75) is 38.4 Å². The van der Waals surface area contributed by atoms with Crippen LogP contribution in [0.3, 0.4) is 0 Å². The van der Waals surface area contributed by atoms with Crippen LogP contribution in [0, 0.1) is 0 Å². The van der Waals surface area contributed by atoms with Crippen LogP contribution >= 0.6 is 23.2 Å². The lowest BCUT2D eigenvalue weighted by molar-refractivity contribution is -0.143. The first-order chi connectivity index (χ1) is 9.95. The Balaban J connectivity index is 1.89. The summed E-state index contributed by atoms with van der Waals surface area (Å²) >= 11 is 12.1. The summed E-state index contributed by atoms with van der Waals surface area (Å²) in [5.41, 5.74) is 1.42. The monoisotopic (exact) mass is 327 g/mol. The molecule has 1 N–H and O–H groups in total. The molecule has 2 aromatic heterocycles. The number of fused-ring (bicyclic) bond motifs is 1. The lowest BCUT2D eigenvalue weighted by Crippen LogP contribution is -2.40. The summed E-state index contributed by atoms with van der Waals surface area (Å²) in [5, 5.41) is 10.2. The quantitative estimate of drug-likeness (QED) is 0.916. The van der Waals surface area contributed by atoms with Crippen LogP contribution < -0.4 is 0 Å². The highest BCUT2D eigenvalue weighted by Crippen LogP contribution is 2.30. The first-order valence-electron chi connectivity index (χ1n) is 6.77. The summed E-state index contributed by atoms with van der Waals surface area (Å²) in [4.78, 5) is 17.7. The van der Waals surface area contributed by atoms with Gasteiger partial charge in [0.1, 0.15) is 6.04 Å². The van der Waals surface area contributed by atoms with Gasteiger partial charge in [0, 0.05) is 25.0 Å². The lowest BCUT2D eigenvalue weighted by Gasteiger charge is -2.24. The number of aromatic nitrogens is 2. The summed E-state index contributed by atoms with van der Waals surface area (Å²) in [6.45, 7) is 2.20. The Morgan fingerprint density at radius 2 is 2.24 bits per heavy atom. The van der Waals surface area contributed by atoms with E-state index in [1.54, 1.807) is 23.6 Å². The van der Waals surface area contributed by atoms with E-state index in [1.165, 1.54) is 0 Å². The molecule has 5 nitrogen and oxygen atoms in total. The molecule has 1 fully saturated rings. The molecule has 1 atom stereocenters. The van der Waals surface area contributed by atoms with E-state index in [0.717, 1.165) is 18.5 Å². The van der Waals surface area contributed by atoms with Gasteiger partial charge in [-0.25, -0.2) is 4.98 Å². The molecule has 0 bridgehead atoms. The van der Waals surface area contributed by atoms with Gasteiger partial charge >= 0.3 is 5.97 Å². The fourth-order valence-corrected chi connectivity index (χ4v) is 3.00. The normalized spacial score (nSPS) is 16.6. The summed E-state index contributed by atoms with van der Waals surface area (Å²) in [7, 11) is 0. The third-order valence-corrected chi connectivity index (χ3v) is 4.22. The Bertz CT molecular complexity index is 697. The van der Waals surface area contributed by atoms with Gasteiger partial charge in [0.25, 0.3) is 0 Å². The molecule has 1 aliphatic carbocycles. The van der Waals surface area contributed by atoms with E-state index in [9.17, 15) is 9.90 Å². The highest BCUT2D eigenvalue weighted by molar-refractivity contribution is 6.36. The van der Waals surface area contributed by atoms with Gasteiger partial charge in [-0.2, -0.15) is 0 Å². The Kier molecular flexibility index (Phi) is 3.82. The Morgan fingerprint density at radius 1 is 1.52 bits per heavy atom. The number of carboxylic acid groups (broad SMARTS) is 1. The molecular formula is C14H15Cl2N3O2. The molecule has 0 aromatic carbocycles. The second kappa shape index (κ2) is 5.48. The first-order valence-corrected chi connectivity index (χ1v) is 7.52. The topological polar surface area (TPSA) is 57.8 Å². The maximum Gasteiger partial charge on any atom is 0.320 e. The van der Waals surface area contributed by atoms with E-state index in [0.29, 0.717) is 28.3 Å². The third-order valence-electron chi connectivity index (χ3n) is 3.74. The van der Waals surface area contributed by atoms with E-state index < -0.39 is 12.0 Å². The molecule has 3 rings (SSSR count). The van der Waals surface area contributed by atoms with Gasteiger partial charge in [-0.05, 0) is 25.8 Å². The van der Waals surface area contributed by atoms with E-state index >= 15 is 0 Å². The third kappa shape index (κ3) is 3.00. The number of carbonyl (C=O) groups is 1. The van der Waals surface area contributed by atoms with Gasteiger partial charge in [0.2, 0.25) is 0 Å². The molecule has 2 aromatic rings. The minimum Gasteiger partial charge on any atom is -0.480 e. The van der Waals surface area contributed by atoms with E-state index in [1.807, 2.05) is 11.1 Å². The minimum absolute atomic E-state index is 0.333. The number of carboxylic acids is 1. The van der Waals surface area contributed by atoms with Crippen LogP contribution in [0.4, 0.5) is 0 Å². The molecule has 0 aliphatic heterocycles. The smallest absolute Gasteiger partial charge is 0.320 e. The highest BCUT2D eigenvalue weighted by atomic mass is 35.5. The van der Waals surface area contributed by atoms with Crippen molar-refractivity contribution in [2.24, 2.45) is 0 Å². The van der Waals surface area contributed by atoms with Crippen molar-refractivity contribution in [1.29, 1.82) is 0 Å². The zero-order chi connectivity index (χ0) is 15.1. The number of rotatable bonds is 5. The largest absolute Gasteiger partial charge is 0.480 e. The molecule has 7 heteroatoms. The molecule has 2 heterocycles. The van der Waals surface area contributed by atoms with Gasteiger partial charge in [0.15, 0.2) is 5.65 Å². The van der Waals surface area contributed by atoms with Gasteiger partial charge in [0.05, 0.1) is 15.7 Å². The lowest BCUT2D eigenvalue weighted by atomic mass is 10.2. The fourth-order valence-electron chi connectivity index (χ4n) is 2.47. The highest BCUT2D eigenvalue weighted by Gasteiger charge is 2.35. The van der Waals surface area contributed by atoms with Crippen molar-refractivity contribution in [3.8, 4) is 0 Å². The van der Waals surface area contributed by atoms with Crippen molar-refractivity contribution in [3.63, 3.8) is 0 Å². The Hall–Kier alpha value is -1.30. The summed E-state index contributed by atoms with van der Waals surface area (Å²) in [6, 6.07) is 1.45. The van der Waals surface area contributed by atoms with Crippen molar-refractivity contribution < 1.29 is 9.90 Å². The number of hydrogen-bond donors (Lipinski definition) is 1. The fraction of sp³-hybridized carbons (Fsp3) is 0.429. The molecule has 1 saturated carbocycles. The molecular weight excluding hydrogens is 313 g/mol.